The molecule has 2 aliphatic heterocycles. The molecule has 0 N–H and O–H groups in total. The maximum Gasteiger partial charge on any atom is 0.0751 e. The summed E-state index contributed by atoms with van der Waals surface area (Å²) in [7, 11) is 0. The lowest BCUT2D eigenvalue weighted by Gasteiger charge is -2.21. The number of fused-ring (bicyclic) bond motifs is 3. The van der Waals surface area contributed by atoms with E-state index in [1.165, 1.54) is 81.6 Å². The van der Waals surface area contributed by atoms with Gasteiger partial charge in [0.2, 0.25) is 0 Å². The van der Waals surface area contributed by atoms with Crippen LogP contribution in [-0.2, 0) is 6.54 Å². The Labute approximate surface area is 191 Å². The van der Waals surface area contributed by atoms with E-state index < -0.39 is 0 Å². The van der Waals surface area contributed by atoms with E-state index in [1.807, 2.05) is 0 Å². The number of aromatic nitrogens is 1. The van der Waals surface area contributed by atoms with Gasteiger partial charge >= 0.3 is 0 Å². The topological polar surface area (TPSA) is 4.93 Å². The SMILES string of the molecule is CCCCn1c2ccc(C3SCCCS3)cc2c2cc(C3SCCCS3)ccc21. The molecular weight excluding hydrogens is 431 g/mol. The van der Waals surface area contributed by atoms with Crippen LogP contribution in [0.5, 0.6) is 0 Å². The van der Waals surface area contributed by atoms with Crippen LogP contribution in [0.2, 0.25) is 0 Å². The molecule has 1 nitrogen and oxygen atoms in total. The Morgan fingerprint density at radius 2 is 1.24 bits per heavy atom. The summed E-state index contributed by atoms with van der Waals surface area (Å²) in [6.45, 7) is 3.41. The zero-order valence-electron chi connectivity index (χ0n) is 17.1. The molecule has 0 spiro atoms. The third-order valence-corrected chi connectivity index (χ3v) is 11.9. The van der Waals surface area contributed by atoms with Gasteiger partial charge in [-0.1, -0.05) is 25.5 Å². The summed E-state index contributed by atoms with van der Waals surface area (Å²) in [6.07, 6.45) is 5.18. The molecule has 3 heterocycles. The molecule has 0 unspecified atom stereocenters. The Balaban J connectivity index is 1.62. The summed E-state index contributed by atoms with van der Waals surface area (Å²) in [4.78, 5) is 0. The van der Waals surface area contributed by atoms with E-state index >= 15 is 0 Å². The van der Waals surface area contributed by atoms with Crippen molar-refractivity contribution in [3.63, 3.8) is 0 Å². The first-order chi connectivity index (χ1) is 14.3. The number of unbranched alkanes of at least 4 members (excludes halogenated alkanes) is 1. The minimum atomic E-state index is 0.606. The van der Waals surface area contributed by atoms with Gasteiger partial charge in [0.25, 0.3) is 0 Å². The van der Waals surface area contributed by atoms with Gasteiger partial charge in [-0.15, -0.1) is 47.0 Å². The van der Waals surface area contributed by atoms with Crippen LogP contribution in [0.15, 0.2) is 36.4 Å². The lowest BCUT2D eigenvalue weighted by molar-refractivity contribution is 0.665. The Kier molecular flexibility index (Phi) is 6.67. The van der Waals surface area contributed by atoms with Crippen LogP contribution in [0.1, 0.15) is 52.9 Å². The summed E-state index contributed by atoms with van der Waals surface area (Å²) in [5.41, 5.74) is 5.86. The van der Waals surface area contributed by atoms with Gasteiger partial charge in [0.15, 0.2) is 0 Å². The van der Waals surface area contributed by atoms with E-state index in [0.717, 1.165) is 6.54 Å². The Morgan fingerprint density at radius 1 is 0.759 bits per heavy atom. The molecule has 2 saturated heterocycles. The first-order valence-electron chi connectivity index (χ1n) is 10.9. The van der Waals surface area contributed by atoms with Crippen molar-refractivity contribution in [1.29, 1.82) is 0 Å². The lowest BCUT2D eigenvalue weighted by atomic mass is 10.1. The van der Waals surface area contributed by atoms with E-state index in [2.05, 4.69) is 94.9 Å². The molecule has 0 aliphatic carbocycles. The predicted molar refractivity (Wildman–Crippen MR) is 139 cm³/mol. The summed E-state index contributed by atoms with van der Waals surface area (Å²) < 4.78 is 3.79. The second kappa shape index (κ2) is 9.42. The molecule has 2 fully saturated rings. The van der Waals surface area contributed by atoms with Crippen LogP contribution in [0.25, 0.3) is 21.8 Å². The van der Waals surface area contributed by atoms with Crippen LogP contribution >= 0.6 is 47.0 Å². The first-order valence-corrected chi connectivity index (χ1v) is 15.1. The molecule has 0 saturated carbocycles. The van der Waals surface area contributed by atoms with Crippen molar-refractivity contribution in [2.75, 3.05) is 23.0 Å². The molecule has 5 heteroatoms. The molecule has 0 amide bonds. The van der Waals surface area contributed by atoms with Crippen LogP contribution < -0.4 is 0 Å². The standard InChI is InChI=1S/C24H29NS4/c1-2-3-10-25-21-8-6-17(23-26-11-4-12-27-23)15-19(21)20-16-18(7-9-22(20)25)24-28-13-5-14-29-24/h6-9,15-16,23-24H,2-5,10-14H2,1H3. The first kappa shape index (κ1) is 20.5. The fourth-order valence-electron chi connectivity index (χ4n) is 4.35. The molecule has 1 aromatic heterocycles. The molecule has 0 atom stereocenters. The number of aryl methyl sites for hydroxylation is 1. The highest BCUT2D eigenvalue weighted by atomic mass is 32.2. The van der Waals surface area contributed by atoms with Gasteiger partial charge in [-0.2, -0.15) is 0 Å². The van der Waals surface area contributed by atoms with Crippen molar-refractivity contribution >= 4 is 68.9 Å². The van der Waals surface area contributed by atoms with Crippen LogP contribution in [-0.4, -0.2) is 27.6 Å². The van der Waals surface area contributed by atoms with Gasteiger partial charge in [0.05, 0.1) is 9.16 Å². The second-order valence-corrected chi connectivity index (χ2v) is 13.4. The summed E-state index contributed by atoms with van der Waals surface area (Å²) in [5.74, 6) is 5.20. The number of hydrogen-bond acceptors (Lipinski definition) is 4. The third kappa shape index (κ3) is 4.22. The zero-order valence-corrected chi connectivity index (χ0v) is 20.3. The van der Waals surface area contributed by atoms with Gasteiger partial charge in [-0.05, 0) is 77.7 Å². The zero-order chi connectivity index (χ0) is 19.6. The normalized spacial score (nSPS) is 19.3. The average Bonchev–Trinajstić information content (AvgIpc) is 3.11. The van der Waals surface area contributed by atoms with Crippen molar-refractivity contribution in [3.8, 4) is 0 Å². The number of nitrogens with zero attached hydrogens (tertiary/aromatic N) is 1. The highest BCUT2D eigenvalue weighted by Crippen LogP contribution is 2.47. The molecule has 0 bridgehead atoms. The quantitative estimate of drug-likeness (QED) is 0.377. The lowest BCUT2D eigenvalue weighted by Crippen LogP contribution is -2.01. The van der Waals surface area contributed by atoms with Crippen LogP contribution in [0.4, 0.5) is 0 Å². The monoisotopic (exact) mass is 459 g/mol. The fourth-order valence-corrected chi connectivity index (χ4v) is 10.1. The highest BCUT2D eigenvalue weighted by Gasteiger charge is 2.21. The molecular formula is C24H29NS4. The Hall–Kier alpha value is -0.360. The molecule has 3 aromatic rings. The van der Waals surface area contributed by atoms with E-state index in [4.69, 9.17) is 0 Å². The van der Waals surface area contributed by atoms with Gasteiger partial charge < -0.3 is 4.57 Å². The minimum absolute atomic E-state index is 0.606. The number of hydrogen-bond donors (Lipinski definition) is 0. The van der Waals surface area contributed by atoms with Gasteiger partial charge in [0, 0.05) is 28.4 Å². The summed E-state index contributed by atoms with van der Waals surface area (Å²) in [6, 6.07) is 14.6. The molecule has 0 radical (unpaired) electrons. The maximum absolute atomic E-state index is 2.57. The van der Waals surface area contributed by atoms with E-state index in [0.29, 0.717) is 9.16 Å². The average molecular weight is 460 g/mol. The van der Waals surface area contributed by atoms with Crippen molar-refractivity contribution < 1.29 is 0 Å². The smallest absolute Gasteiger partial charge is 0.0751 e. The van der Waals surface area contributed by atoms with Crippen molar-refractivity contribution in [2.24, 2.45) is 0 Å². The van der Waals surface area contributed by atoms with E-state index in [-0.39, 0.29) is 0 Å². The molecule has 154 valence electrons. The second-order valence-electron chi connectivity index (χ2n) is 7.91. The molecule has 5 rings (SSSR count). The van der Waals surface area contributed by atoms with Crippen molar-refractivity contribution in [2.45, 2.75) is 48.3 Å². The van der Waals surface area contributed by atoms with E-state index in [9.17, 15) is 0 Å². The van der Waals surface area contributed by atoms with Crippen LogP contribution in [0, 0.1) is 0 Å². The van der Waals surface area contributed by atoms with Crippen molar-refractivity contribution in [3.05, 3.63) is 47.5 Å². The highest BCUT2D eigenvalue weighted by molar-refractivity contribution is 8.17. The van der Waals surface area contributed by atoms with Gasteiger partial charge in [0.1, 0.15) is 0 Å². The molecule has 29 heavy (non-hydrogen) atoms. The molecule has 2 aromatic carbocycles. The summed E-state index contributed by atoms with van der Waals surface area (Å²) >= 11 is 8.51. The Morgan fingerprint density at radius 3 is 1.69 bits per heavy atom. The predicted octanol–water partition coefficient (Wildman–Crippen LogP) is 8.33. The molecule has 2 aliphatic rings. The largest absolute Gasteiger partial charge is 0.340 e. The fraction of sp³-hybridized carbons (Fsp3) is 0.500. The maximum atomic E-state index is 2.57. The summed E-state index contributed by atoms with van der Waals surface area (Å²) in [5, 5.41) is 2.93. The number of rotatable bonds is 5. The van der Waals surface area contributed by atoms with E-state index in [1.54, 1.807) is 0 Å². The minimum Gasteiger partial charge on any atom is -0.340 e. The number of thioether (sulfide) groups is 4. The third-order valence-electron chi connectivity index (χ3n) is 5.85. The van der Waals surface area contributed by atoms with Crippen LogP contribution in [0.3, 0.4) is 0 Å². The van der Waals surface area contributed by atoms with Crippen molar-refractivity contribution in [1.82, 2.24) is 4.57 Å². The number of benzene rings is 2. The van der Waals surface area contributed by atoms with Gasteiger partial charge in [-0.25, -0.2) is 0 Å². The van der Waals surface area contributed by atoms with Gasteiger partial charge in [-0.3, -0.25) is 0 Å². The Bertz CT molecular complexity index is 908.